The van der Waals surface area contributed by atoms with E-state index < -0.39 is 0 Å². The number of allylic oxidation sites excluding steroid dienone is 2. The molecule has 0 aromatic carbocycles. The van der Waals surface area contributed by atoms with Crippen molar-refractivity contribution in [1.29, 1.82) is 0 Å². The number of methoxy groups -OCH3 is 1. The molecule has 0 bridgehead atoms. The first-order valence-electron chi connectivity index (χ1n) is 3.68. The molecule has 0 spiro atoms. The van der Waals surface area contributed by atoms with Gasteiger partial charge in [-0.3, -0.25) is 0 Å². The average molecular weight is 150 g/mol. The Hall–Kier alpha value is -1.18. The molecule has 1 aliphatic carbocycles. The van der Waals surface area contributed by atoms with Crippen LogP contribution in [0.5, 0.6) is 0 Å². The summed E-state index contributed by atoms with van der Waals surface area (Å²) in [6.45, 7) is 0. The van der Waals surface area contributed by atoms with Crippen molar-refractivity contribution >= 4 is 0 Å². The number of hydrogen-bond acceptors (Lipinski definition) is 2. The third-order valence-corrected chi connectivity index (χ3v) is 1.98. The van der Waals surface area contributed by atoms with Crippen LogP contribution in [0.1, 0.15) is 11.3 Å². The van der Waals surface area contributed by atoms with Crippen molar-refractivity contribution < 1.29 is 9.15 Å². The zero-order valence-electron chi connectivity index (χ0n) is 6.46. The maximum absolute atomic E-state index is 5.25. The van der Waals surface area contributed by atoms with Crippen LogP contribution < -0.4 is 0 Å². The number of fused-ring (bicyclic) bond motifs is 1. The van der Waals surface area contributed by atoms with Gasteiger partial charge < -0.3 is 9.15 Å². The molecule has 0 saturated heterocycles. The second kappa shape index (κ2) is 2.46. The van der Waals surface area contributed by atoms with Crippen molar-refractivity contribution in [2.75, 3.05) is 7.11 Å². The number of furan rings is 1. The van der Waals surface area contributed by atoms with Crippen LogP contribution in [0.4, 0.5) is 0 Å². The summed E-state index contributed by atoms with van der Waals surface area (Å²) >= 11 is 0. The van der Waals surface area contributed by atoms with Crippen LogP contribution in [-0.2, 0) is 17.6 Å². The smallest absolute Gasteiger partial charge is 0.111 e. The van der Waals surface area contributed by atoms with Crippen LogP contribution >= 0.6 is 0 Å². The van der Waals surface area contributed by atoms with Gasteiger partial charge in [0.15, 0.2) is 0 Å². The van der Waals surface area contributed by atoms with Gasteiger partial charge in [0.1, 0.15) is 5.76 Å². The molecule has 0 N–H and O–H groups in total. The first-order valence-corrected chi connectivity index (χ1v) is 3.68. The van der Waals surface area contributed by atoms with Gasteiger partial charge in [-0.2, -0.15) is 0 Å². The molecule has 0 aliphatic heterocycles. The Balaban J connectivity index is 2.27. The monoisotopic (exact) mass is 150 g/mol. The molecule has 1 aromatic rings. The van der Waals surface area contributed by atoms with Gasteiger partial charge in [0, 0.05) is 18.4 Å². The summed E-state index contributed by atoms with van der Waals surface area (Å²) in [6.07, 6.45) is 5.54. The first kappa shape index (κ1) is 6.53. The lowest BCUT2D eigenvalue weighted by Gasteiger charge is -2.10. The summed E-state index contributed by atoms with van der Waals surface area (Å²) in [5.74, 6) is 2.12. The number of rotatable bonds is 1. The normalized spacial score (nSPS) is 15.5. The molecule has 0 radical (unpaired) electrons. The minimum atomic E-state index is 0.867. The van der Waals surface area contributed by atoms with Gasteiger partial charge in [0.2, 0.25) is 0 Å². The second-order valence-electron chi connectivity index (χ2n) is 2.62. The van der Waals surface area contributed by atoms with E-state index >= 15 is 0 Å². The van der Waals surface area contributed by atoms with E-state index in [1.807, 2.05) is 6.07 Å². The molecule has 0 fully saturated rings. The summed E-state index contributed by atoms with van der Waals surface area (Å²) in [7, 11) is 1.71. The highest BCUT2D eigenvalue weighted by Crippen LogP contribution is 2.21. The number of ether oxygens (including phenoxy) is 1. The zero-order chi connectivity index (χ0) is 7.68. The van der Waals surface area contributed by atoms with Crippen LogP contribution in [-0.4, -0.2) is 7.11 Å². The summed E-state index contributed by atoms with van der Waals surface area (Å²) in [5, 5.41) is 0. The largest absolute Gasteiger partial charge is 0.501 e. The quantitative estimate of drug-likeness (QED) is 0.610. The van der Waals surface area contributed by atoms with Gasteiger partial charge in [-0.15, -0.1) is 0 Å². The molecule has 2 heteroatoms. The fraction of sp³-hybridized carbons (Fsp3) is 0.333. The lowest BCUT2D eigenvalue weighted by molar-refractivity contribution is 0.278. The summed E-state index contributed by atoms with van der Waals surface area (Å²) < 4.78 is 10.4. The Bertz CT molecular complexity index is 284. The summed E-state index contributed by atoms with van der Waals surface area (Å²) in [6, 6.07) is 2.00. The minimum Gasteiger partial charge on any atom is -0.501 e. The van der Waals surface area contributed by atoms with Crippen molar-refractivity contribution in [2.24, 2.45) is 0 Å². The SMILES string of the molecule is COC1=CCc2occc2C1. The van der Waals surface area contributed by atoms with Crippen molar-refractivity contribution in [1.82, 2.24) is 0 Å². The molecule has 1 aromatic heterocycles. The number of hydrogen-bond donors (Lipinski definition) is 0. The van der Waals surface area contributed by atoms with Gasteiger partial charge in [-0.25, -0.2) is 0 Å². The van der Waals surface area contributed by atoms with E-state index in [1.165, 1.54) is 5.56 Å². The molecule has 1 aliphatic rings. The Morgan fingerprint density at radius 1 is 1.55 bits per heavy atom. The molecule has 11 heavy (non-hydrogen) atoms. The fourth-order valence-electron chi connectivity index (χ4n) is 1.33. The van der Waals surface area contributed by atoms with E-state index in [4.69, 9.17) is 9.15 Å². The first-order chi connectivity index (χ1) is 5.40. The topological polar surface area (TPSA) is 22.4 Å². The van der Waals surface area contributed by atoms with Crippen LogP contribution in [0, 0.1) is 0 Å². The van der Waals surface area contributed by atoms with E-state index in [0.29, 0.717) is 0 Å². The summed E-state index contributed by atoms with van der Waals surface area (Å²) in [4.78, 5) is 0. The third kappa shape index (κ3) is 1.04. The molecular weight excluding hydrogens is 140 g/mol. The molecule has 0 saturated carbocycles. The molecule has 2 nitrogen and oxygen atoms in total. The molecule has 58 valence electrons. The van der Waals surface area contributed by atoms with Crippen molar-refractivity contribution in [3.63, 3.8) is 0 Å². The van der Waals surface area contributed by atoms with Crippen molar-refractivity contribution in [3.8, 4) is 0 Å². The van der Waals surface area contributed by atoms with Crippen LogP contribution in [0.2, 0.25) is 0 Å². The molecule has 0 atom stereocenters. The Morgan fingerprint density at radius 2 is 2.45 bits per heavy atom. The average Bonchev–Trinajstić information content (AvgIpc) is 2.50. The van der Waals surface area contributed by atoms with Gasteiger partial charge in [0.25, 0.3) is 0 Å². The predicted molar refractivity (Wildman–Crippen MR) is 41.2 cm³/mol. The van der Waals surface area contributed by atoms with Gasteiger partial charge in [-0.05, 0) is 12.1 Å². The lowest BCUT2D eigenvalue weighted by Crippen LogP contribution is -2.01. The lowest BCUT2D eigenvalue weighted by atomic mass is 10.0. The Kier molecular flexibility index (Phi) is 1.46. The van der Waals surface area contributed by atoms with E-state index in [0.717, 1.165) is 24.4 Å². The van der Waals surface area contributed by atoms with Crippen LogP contribution in [0.25, 0.3) is 0 Å². The Morgan fingerprint density at radius 3 is 3.27 bits per heavy atom. The highest BCUT2D eigenvalue weighted by atomic mass is 16.5. The van der Waals surface area contributed by atoms with E-state index in [1.54, 1.807) is 13.4 Å². The maximum Gasteiger partial charge on any atom is 0.111 e. The fourth-order valence-corrected chi connectivity index (χ4v) is 1.33. The molecule has 1 heterocycles. The molecule has 2 rings (SSSR count). The molecular formula is C9H10O2. The van der Waals surface area contributed by atoms with Crippen LogP contribution in [0.15, 0.2) is 28.6 Å². The molecule has 0 unspecified atom stereocenters. The predicted octanol–water partition coefficient (Wildman–Crippen LogP) is 1.91. The highest BCUT2D eigenvalue weighted by molar-refractivity contribution is 5.28. The van der Waals surface area contributed by atoms with E-state index in [-0.39, 0.29) is 0 Å². The second-order valence-corrected chi connectivity index (χ2v) is 2.62. The van der Waals surface area contributed by atoms with Gasteiger partial charge in [-0.1, -0.05) is 0 Å². The van der Waals surface area contributed by atoms with Gasteiger partial charge in [0.05, 0.1) is 19.1 Å². The summed E-state index contributed by atoms with van der Waals surface area (Å²) in [5.41, 5.74) is 1.25. The van der Waals surface area contributed by atoms with Crippen molar-refractivity contribution in [2.45, 2.75) is 12.8 Å². The van der Waals surface area contributed by atoms with E-state index in [2.05, 4.69) is 6.08 Å². The highest BCUT2D eigenvalue weighted by Gasteiger charge is 2.12. The standard InChI is InChI=1S/C9H10O2/c1-10-8-2-3-9-7(6-8)4-5-11-9/h2,4-5H,3,6H2,1H3. The molecule has 0 amide bonds. The zero-order valence-corrected chi connectivity index (χ0v) is 6.46. The van der Waals surface area contributed by atoms with Gasteiger partial charge >= 0.3 is 0 Å². The van der Waals surface area contributed by atoms with E-state index in [9.17, 15) is 0 Å². The van der Waals surface area contributed by atoms with Crippen molar-refractivity contribution in [3.05, 3.63) is 35.5 Å². The van der Waals surface area contributed by atoms with Crippen LogP contribution in [0.3, 0.4) is 0 Å². The third-order valence-electron chi connectivity index (χ3n) is 1.98. The Labute approximate surface area is 65.5 Å². The minimum absolute atomic E-state index is 0.867. The maximum atomic E-state index is 5.25.